The summed E-state index contributed by atoms with van der Waals surface area (Å²) in [6.45, 7) is 0.461. The summed E-state index contributed by atoms with van der Waals surface area (Å²) < 4.78 is 10.2. The van der Waals surface area contributed by atoms with Gasteiger partial charge in [-0.15, -0.1) is 0 Å². The number of rotatable bonds is 4. The molecular weight excluding hydrogens is 250 g/mol. The van der Waals surface area contributed by atoms with Crippen molar-refractivity contribution in [2.24, 2.45) is 5.92 Å². The lowest BCUT2D eigenvalue weighted by Gasteiger charge is -2.36. The Morgan fingerprint density at radius 1 is 1.26 bits per heavy atom. The zero-order valence-corrected chi connectivity index (χ0v) is 10.8. The van der Waals surface area contributed by atoms with Gasteiger partial charge < -0.3 is 19.5 Å². The highest BCUT2D eigenvalue weighted by atomic mass is 16.5. The summed E-state index contributed by atoms with van der Waals surface area (Å²) in [6.07, 6.45) is 0. The highest BCUT2D eigenvalue weighted by molar-refractivity contribution is 5.98. The van der Waals surface area contributed by atoms with Crippen LogP contribution in [0.25, 0.3) is 0 Å². The molecule has 6 nitrogen and oxygen atoms in total. The number of hydrogen-bond donors (Lipinski definition) is 1. The van der Waals surface area contributed by atoms with E-state index in [9.17, 15) is 9.59 Å². The fraction of sp³-hybridized carbons (Fsp3) is 0.385. The Kier molecular flexibility index (Phi) is 3.59. The standard InChI is InChI=1S/C13H15NO5/c1-18-9-3-4-11(19-2)10(5-9)12(15)14-6-8(7-14)13(16)17/h3-5,8H,6-7H2,1-2H3,(H,16,17). The van der Waals surface area contributed by atoms with Crippen LogP contribution in [0.3, 0.4) is 0 Å². The van der Waals surface area contributed by atoms with Gasteiger partial charge in [-0.3, -0.25) is 9.59 Å². The van der Waals surface area contributed by atoms with Crippen molar-refractivity contribution in [1.82, 2.24) is 4.90 Å². The first-order valence-electron chi connectivity index (χ1n) is 5.81. The van der Waals surface area contributed by atoms with Gasteiger partial charge in [-0.1, -0.05) is 0 Å². The van der Waals surface area contributed by atoms with Crippen molar-refractivity contribution in [3.05, 3.63) is 23.8 Å². The molecule has 1 aliphatic rings. The second kappa shape index (κ2) is 5.17. The van der Waals surface area contributed by atoms with Gasteiger partial charge in [-0.25, -0.2) is 0 Å². The van der Waals surface area contributed by atoms with Crippen molar-refractivity contribution < 1.29 is 24.2 Å². The molecule has 19 heavy (non-hydrogen) atoms. The van der Waals surface area contributed by atoms with Crippen molar-refractivity contribution in [1.29, 1.82) is 0 Å². The summed E-state index contributed by atoms with van der Waals surface area (Å²) >= 11 is 0. The maximum Gasteiger partial charge on any atom is 0.310 e. The van der Waals surface area contributed by atoms with Gasteiger partial charge in [0.2, 0.25) is 0 Å². The first-order chi connectivity index (χ1) is 9.06. The summed E-state index contributed by atoms with van der Waals surface area (Å²) in [6, 6.07) is 4.95. The summed E-state index contributed by atoms with van der Waals surface area (Å²) in [5.41, 5.74) is 0.380. The molecule has 1 fully saturated rings. The van der Waals surface area contributed by atoms with Crippen LogP contribution < -0.4 is 9.47 Å². The fourth-order valence-electron chi connectivity index (χ4n) is 1.95. The molecule has 6 heteroatoms. The van der Waals surface area contributed by atoms with E-state index >= 15 is 0 Å². The Morgan fingerprint density at radius 2 is 1.95 bits per heavy atom. The van der Waals surface area contributed by atoms with Crippen LogP contribution in [0.4, 0.5) is 0 Å². The largest absolute Gasteiger partial charge is 0.497 e. The smallest absolute Gasteiger partial charge is 0.310 e. The third-order valence-corrected chi connectivity index (χ3v) is 3.16. The molecule has 0 spiro atoms. The SMILES string of the molecule is COc1ccc(OC)c(C(=O)N2CC(C(=O)O)C2)c1. The highest BCUT2D eigenvalue weighted by Crippen LogP contribution is 2.27. The van der Waals surface area contributed by atoms with Crippen LogP contribution in [0, 0.1) is 5.92 Å². The molecule has 1 heterocycles. The van der Waals surface area contributed by atoms with Gasteiger partial charge in [-0.2, -0.15) is 0 Å². The number of likely N-dealkylation sites (tertiary alicyclic amines) is 1. The Bertz CT molecular complexity index is 508. The topological polar surface area (TPSA) is 76.1 Å². The van der Waals surface area contributed by atoms with Crippen molar-refractivity contribution in [2.45, 2.75) is 0 Å². The molecule has 102 valence electrons. The lowest BCUT2D eigenvalue weighted by molar-refractivity contribution is -0.146. The van der Waals surface area contributed by atoms with E-state index in [1.807, 2.05) is 0 Å². The average molecular weight is 265 g/mol. The van der Waals surface area contributed by atoms with Crippen molar-refractivity contribution >= 4 is 11.9 Å². The molecule has 0 bridgehead atoms. The van der Waals surface area contributed by atoms with Crippen molar-refractivity contribution in [3.63, 3.8) is 0 Å². The van der Waals surface area contributed by atoms with Crippen LogP contribution in [0.5, 0.6) is 11.5 Å². The monoisotopic (exact) mass is 265 g/mol. The molecule has 0 unspecified atom stereocenters. The molecular formula is C13H15NO5. The molecule has 0 saturated carbocycles. The van der Waals surface area contributed by atoms with E-state index in [4.69, 9.17) is 14.6 Å². The van der Waals surface area contributed by atoms with Gasteiger partial charge in [0.25, 0.3) is 5.91 Å². The first kappa shape index (κ1) is 13.2. The molecule has 1 aromatic carbocycles. The van der Waals surface area contributed by atoms with Crippen LogP contribution in [-0.4, -0.2) is 49.2 Å². The third-order valence-electron chi connectivity index (χ3n) is 3.16. The van der Waals surface area contributed by atoms with Crippen LogP contribution in [-0.2, 0) is 4.79 Å². The number of carboxylic acids is 1. The Balaban J connectivity index is 2.17. The number of carboxylic acid groups (broad SMARTS) is 1. The van der Waals surface area contributed by atoms with E-state index in [0.29, 0.717) is 17.1 Å². The molecule has 1 aromatic rings. The maximum atomic E-state index is 12.2. The summed E-state index contributed by atoms with van der Waals surface area (Å²) in [5.74, 6) is -0.584. The molecule has 0 aromatic heterocycles. The van der Waals surface area contributed by atoms with Crippen LogP contribution in [0.1, 0.15) is 10.4 Å². The second-order valence-corrected chi connectivity index (χ2v) is 4.31. The van der Waals surface area contributed by atoms with Crippen molar-refractivity contribution in [3.8, 4) is 11.5 Å². The number of benzene rings is 1. The second-order valence-electron chi connectivity index (χ2n) is 4.31. The van der Waals surface area contributed by atoms with E-state index in [0.717, 1.165) is 0 Å². The predicted octanol–water partition coefficient (Wildman–Crippen LogP) is 0.860. The minimum Gasteiger partial charge on any atom is -0.497 e. The summed E-state index contributed by atoms with van der Waals surface area (Å²) in [7, 11) is 2.99. The Labute approximate surface area is 110 Å². The number of methoxy groups -OCH3 is 2. The van der Waals surface area contributed by atoms with E-state index < -0.39 is 11.9 Å². The molecule has 1 aliphatic heterocycles. The van der Waals surface area contributed by atoms with E-state index in [1.165, 1.54) is 19.1 Å². The maximum absolute atomic E-state index is 12.2. The number of aliphatic carboxylic acids is 1. The molecule has 0 aliphatic carbocycles. The minimum absolute atomic E-state index is 0.231. The van der Waals surface area contributed by atoms with Crippen molar-refractivity contribution in [2.75, 3.05) is 27.3 Å². The Hall–Kier alpha value is -2.24. The quantitative estimate of drug-likeness (QED) is 0.873. The number of amides is 1. The molecule has 0 radical (unpaired) electrons. The van der Waals surface area contributed by atoms with Crippen LogP contribution >= 0.6 is 0 Å². The first-order valence-corrected chi connectivity index (χ1v) is 5.81. The molecule has 2 rings (SSSR count). The van der Waals surface area contributed by atoms with Gasteiger partial charge in [0.15, 0.2) is 0 Å². The van der Waals surface area contributed by atoms with E-state index in [2.05, 4.69) is 0 Å². The predicted molar refractivity (Wildman–Crippen MR) is 66.6 cm³/mol. The number of nitrogens with zero attached hydrogens (tertiary/aromatic N) is 1. The lowest BCUT2D eigenvalue weighted by Crippen LogP contribution is -2.53. The highest BCUT2D eigenvalue weighted by Gasteiger charge is 2.36. The zero-order chi connectivity index (χ0) is 14.0. The number of ether oxygens (including phenoxy) is 2. The lowest BCUT2D eigenvalue weighted by atomic mass is 9.99. The molecule has 0 atom stereocenters. The Morgan fingerprint density at radius 3 is 2.47 bits per heavy atom. The van der Waals surface area contributed by atoms with Gasteiger partial charge in [0.05, 0.1) is 25.7 Å². The number of hydrogen-bond acceptors (Lipinski definition) is 4. The molecule has 1 N–H and O–H groups in total. The zero-order valence-electron chi connectivity index (χ0n) is 10.8. The van der Waals surface area contributed by atoms with Gasteiger partial charge >= 0.3 is 5.97 Å². The summed E-state index contributed by atoms with van der Waals surface area (Å²) in [5, 5.41) is 8.80. The average Bonchev–Trinajstić information content (AvgIpc) is 2.35. The molecule has 1 saturated heterocycles. The van der Waals surface area contributed by atoms with Crippen LogP contribution in [0.2, 0.25) is 0 Å². The third kappa shape index (κ3) is 2.47. The van der Waals surface area contributed by atoms with Gasteiger partial charge in [0, 0.05) is 13.1 Å². The summed E-state index contributed by atoms with van der Waals surface area (Å²) in [4.78, 5) is 24.4. The van der Waals surface area contributed by atoms with Gasteiger partial charge in [0.1, 0.15) is 11.5 Å². The van der Waals surface area contributed by atoms with E-state index in [-0.39, 0.29) is 19.0 Å². The number of carbonyl (C=O) groups is 2. The minimum atomic E-state index is -0.873. The number of carbonyl (C=O) groups excluding carboxylic acids is 1. The van der Waals surface area contributed by atoms with Gasteiger partial charge in [-0.05, 0) is 18.2 Å². The fourth-order valence-corrected chi connectivity index (χ4v) is 1.95. The van der Waals surface area contributed by atoms with E-state index in [1.54, 1.807) is 18.2 Å². The normalized spacial score (nSPS) is 14.7. The molecule has 1 amide bonds. The van der Waals surface area contributed by atoms with Crippen LogP contribution in [0.15, 0.2) is 18.2 Å².